The molecule has 0 bridgehead atoms. The molecule has 1 aliphatic heterocycles. The highest BCUT2D eigenvalue weighted by Crippen LogP contribution is 2.37. The van der Waals surface area contributed by atoms with Crippen LogP contribution in [-0.4, -0.2) is 57.8 Å². The molecule has 3 aromatic rings. The molecular formula is C22H24ClN3O2S2. The molecule has 2 aromatic carbocycles. The fourth-order valence-corrected chi connectivity index (χ4v) is 5.80. The van der Waals surface area contributed by atoms with Crippen LogP contribution >= 0.6 is 23.4 Å². The Balaban J connectivity index is 1.95. The fraction of sp³-hybridized carbons (Fsp3) is 0.318. The Bertz CT molecular complexity index is 1170. The molecule has 1 aliphatic rings. The number of rotatable bonds is 4. The third-order valence-electron chi connectivity index (χ3n) is 5.46. The lowest BCUT2D eigenvalue weighted by Crippen LogP contribution is -2.30. The number of hydrogen-bond acceptors (Lipinski definition) is 6. The number of likely N-dealkylation sites (N-methyl/N-ethyl adjacent to an activating group) is 1. The van der Waals surface area contributed by atoms with Gasteiger partial charge in [0.15, 0.2) is 0 Å². The predicted molar refractivity (Wildman–Crippen MR) is 125 cm³/mol. The third-order valence-corrected chi connectivity index (χ3v) is 8.21. The SMILES string of the molecule is CSc1ccc2ncc(S(=O)(=O)c3ccc(Cl)cc3)c(N3CCCN(C)CC3)c2c1. The quantitative estimate of drug-likeness (QED) is 0.530. The fourth-order valence-electron chi connectivity index (χ4n) is 3.80. The Hall–Kier alpha value is -1.80. The monoisotopic (exact) mass is 461 g/mol. The number of fused-ring (bicyclic) bond motifs is 1. The van der Waals surface area contributed by atoms with Gasteiger partial charge < -0.3 is 9.80 Å². The Labute approximate surface area is 187 Å². The van der Waals surface area contributed by atoms with Gasteiger partial charge in [0.25, 0.3) is 0 Å². The first-order valence-electron chi connectivity index (χ1n) is 9.81. The number of benzene rings is 2. The second-order valence-corrected chi connectivity index (χ2v) is 10.7. The lowest BCUT2D eigenvalue weighted by atomic mass is 10.1. The van der Waals surface area contributed by atoms with Gasteiger partial charge in [0.1, 0.15) is 4.90 Å². The number of pyridine rings is 1. The van der Waals surface area contributed by atoms with E-state index in [9.17, 15) is 8.42 Å². The van der Waals surface area contributed by atoms with Crippen molar-refractivity contribution < 1.29 is 8.42 Å². The van der Waals surface area contributed by atoms with E-state index in [1.54, 1.807) is 36.0 Å². The number of hydrogen-bond donors (Lipinski definition) is 0. The zero-order chi connectivity index (χ0) is 21.3. The molecule has 30 heavy (non-hydrogen) atoms. The molecule has 0 saturated carbocycles. The summed E-state index contributed by atoms with van der Waals surface area (Å²) in [5.41, 5.74) is 1.55. The van der Waals surface area contributed by atoms with Crippen LogP contribution in [0.25, 0.3) is 10.9 Å². The molecule has 0 spiro atoms. The zero-order valence-corrected chi connectivity index (χ0v) is 19.4. The first-order chi connectivity index (χ1) is 14.4. The van der Waals surface area contributed by atoms with Crippen LogP contribution in [0, 0.1) is 0 Å². The lowest BCUT2D eigenvalue weighted by molar-refractivity contribution is 0.360. The van der Waals surface area contributed by atoms with Crippen molar-refractivity contribution in [2.24, 2.45) is 0 Å². The van der Waals surface area contributed by atoms with Gasteiger partial charge >= 0.3 is 0 Å². The van der Waals surface area contributed by atoms with Gasteiger partial charge in [-0.3, -0.25) is 4.98 Å². The van der Waals surface area contributed by atoms with E-state index in [-0.39, 0.29) is 9.79 Å². The molecule has 1 fully saturated rings. The average molecular weight is 462 g/mol. The molecule has 0 unspecified atom stereocenters. The van der Waals surface area contributed by atoms with Crippen molar-refractivity contribution in [3.05, 3.63) is 53.7 Å². The minimum atomic E-state index is -3.76. The Morgan fingerprint density at radius 2 is 1.80 bits per heavy atom. The molecule has 0 aliphatic carbocycles. The highest BCUT2D eigenvalue weighted by atomic mass is 35.5. The van der Waals surface area contributed by atoms with E-state index in [2.05, 4.69) is 27.9 Å². The first-order valence-corrected chi connectivity index (χ1v) is 12.9. The summed E-state index contributed by atoms with van der Waals surface area (Å²) < 4.78 is 27.3. The van der Waals surface area contributed by atoms with Gasteiger partial charge in [-0.05, 0) is 68.7 Å². The number of aromatic nitrogens is 1. The molecule has 2 heterocycles. The van der Waals surface area contributed by atoms with Crippen molar-refractivity contribution in [1.29, 1.82) is 0 Å². The van der Waals surface area contributed by atoms with Crippen LogP contribution in [0.5, 0.6) is 0 Å². The molecule has 0 radical (unpaired) electrons. The van der Waals surface area contributed by atoms with E-state index >= 15 is 0 Å². The molecule has 0 amide bonds. The van der Waals surface area contributed by atoms with E-state index in [1.165, 1.54) is 6.20 Å². The van der Waals surface area contributed by atoms with E-state index in [0.717, 1.165) is 54.1 Å². The van der Waals surface area contributed by atoms with Crippen LogP contribution < -0.4 is 4.90 Å². The maximum absolute atomic E-state index is 13.6. The Morgan fingerprint density at radius 3 is 2.53 bits per heavy atom. The predicted octanol–water partition coefficient (Wildman–Crippen LogP) is 4.58. The minimum absolute atomic E-state index is 0.224. The van der Waals surface area contributed by atoms with Crippen molar-refractivity contribution in [3.8, 4) is 0 Å². The molecule has 1 aromatic heterocycles. The number of sulfone groups is 1. The zero-order valence-electron chi connectivity index (χ0n) is 17.0. The van der Waals surface area contributed by atoms with Gasteiger partial charge in [0, 0.05) is 41.1 Å². The van der Waals surface area contributed by atoms with E-state index in [0.29, 0.717) is 5.02 Å². The highest BCUT2D eigenvalue weighted by molar-refractivity contribution is 7.98. The summed E-state index contributed by atoms with van der Waals surface area (Å²) in [5.74, 6) is 0. The Kier molecular flexibility index (Phi) is 6.25. The molecule has 0 N–H and O–H groups in total. The largest absolute Gasteiger partial charge is 0.369 e. The topological polar surface area (TPSA) is 53.5 Å². The lowest BCUT2D eigenvalue weighted by Gasteiger charge is -2.27. The van der Waals surface area contributed by atoms with E-state index in [1.807, 2.05) is 18.4 Å². The van der Waals surface area contributed by atoms with Crippen LogP contribution in [0.15, 0.2) is 63.3 Å². The van der Waals surface area contributed by atoms with E-state index < -0.39 is 9.84 Å². The summed E-state index contributed by atoms with van der Waals surface area (Å²) in [4.78, 5) is 10.6. The third kappa shape index (κ3) is 4.17. The van der Waals surface area contributed by atoms with Gasteiger partial charge in [-0.2, -0.15) is 0 Å². The van der Waals surface area contributed by atoms with Gasteiger partial charge in [-0.15, -0.1) is 11.8 Å². The number of nitrogens with zero attached hydrogens (tertiary/aromatic N) is 3. The molecule has 158 valence electrons. The second kappa shape index (κ2) is 8.75. The average Bonchev–Trinajstić information content (AvgIpc) is 2.97. The number of thioether (sulfide) groups is 1. The maximum Gasteiger partial charge on any atom is 0.210 e. The molecule has 4 rings (SSSR count). The highest BCUT2D eigenvalue weighted by Gasteiger charge is 2.28. The molecule has 0 atom stereocenters. The van der Waals surface area contributed by atoms with Crippen LogP contribution in [0.3, 0.4) is 0 Å². The van der Waals surface area contributed by atoms with Crippen molar-refractivity contribution in [3.63, 3.8) is 0 Å². The molecule has 8 heteroatoms. The number of anilines is 1. The van der Waals surface area contributed by atoms with Gasteiger partial charge in [-0.25, -0.2) is 8.42 Å². The van der Waals surface area contributed by atoms with Gasteiger partial charge in [0.05, 0.1) is 16.1 Å². The van der Waals surface area contributed by atoms with E-state index in [4.69, 9.17) is 11.6 Å². The number of halogens is 1. The molecule has 1 saturated heterocycles. The molecule has 5 nitrogen and oxygen atoms in total. The summed E-state index contributed by atoms with van der Waals surface area (Å²) in [6.45, 7) is 3.44. The van der Waals surface area contributed by atoms with Crippen molar-refractivity contribution in [1.82, 2.24) is 9.88 Å². The minimum Gasteiger partial charge on any atom is -0.369 e. The second-order valence-electron chi connectivity index (χ2n) is 7.46. The van der Waals surface area contributed by atoms with Crippen molar-refractivity contribution in [2.75, 3.05) is 44.4 Å². The standard InChI is InChI=1S/C22H24ClN3O2S2/c1-25-10-3-11-26(13-12-25)22-19-14-17(29-2)6-9-20(19)24-15-21(22)30(27,28)18-7-4-16(23)5-8-18/h4-9,14-15H,3,10-13H2,1-2H3. The van der Waals surface area contributed by atoms with Gasteiger partial charge in [0.2, 0.25) is 9.84 Å². The summed E-state index contributed by atoms with van der Waals surface area (Å²) >= 11 is 7.62. The summed E-state index contributed by atoms with van der Waals surface area (Å²) in [7, 11) is -1.65. The van der Waals surface area contributed by atoms with Gasteiger partial charge in [-0.1, -0.05) is 11.6 Å². The van der Waals surface area contributed by atoms with Crippen LogP contribution in [0.4, 0.5) is 5.69 Å². The summed E-state index contributed by atoms with van der Waals surface area (Å²) in [6, 6.07) is 12.4. The molecular weight excluding hydrogens is 438 g/mol. The smallest absolute Gasteiger partial charge is 0.210 e. The van der Waals surface area contributed by atoms with Crippen LogP contribution in [-0.2, 0) is 9.84 Å². The normalized spacial score (nSPS) is 16.0. The first kappa shape index (κ1) is 21.4. The van der Waals surface area contributed by atoms with Crippen molar-refractivity contribution >= 4 is 49.8 Å². The summed E-state index contributed by atoms with van der Waals surface area (Å²) in [5, 5.41) is 1.38. The Morgan fingerprint density at radius 1 is 1.03 bits per heavy atom. The summed E-state index contributed by atoms with van der Waals surface area (Å²) in [6.07, 6.45) is 4.50. The van der Waals surface area contributed by atoms with Crippen LogP contribution in [0.1, 0.15) is 6.42 Å². The maximum atomic E-state index is 13.6. The van der Waals surface area contributed by atoms with Crippen LogP contribution in [0.2, 0.25) is 5.02 Å². The van der Waals surface area contributed by atoms with Crippen molar-refractivity contribution in [2.45, 2.75) is 21.1 Å².